The first kappa shape index (κ1) is 20.5. The van der Waals surface area contributed by atoms with Crippen molar-refractivity contribution in [2.75, 3.05) is 0 Å². The van der Waals surface area contributed by atoms with Crippen LogP contribution in [0.25, 0.3) is 49.7 Å². The van der Waals surface area contributed by atoms with Crippen molar-refractivity contribution < 1.29 is 0 Å². The van der Waals surface area contributed by atoms with E-state index in [0.717, 1.165) is 14.6 Å². The summed E-state index contributed by atoms with van der Waals surface area (Å²) in [6.45, 7) is 0. The summed E-state index contributed by atoms with van der Waals surface area (Å²) in [7, 11) is 0. The van der Waals surface area contributed by atoms with E-state index in [9.17, 15) is 0 Å². The molecule has 0 aliphatic rings. The molecule has 1 aromatic heterocycles. The fourth-order valence-electron chi connectivity index (χ4n) is 4.58. The van der Waals surface area contributed by atoms with Gasteiger partial charge in [0, 0.05) is 25.4 Å². The molecule has 0 saturated heterocycles. The van der Waals surface area contributed by atoms with E-state index in [1.807, 2.05) is 0 Å². The molecule has 0 saturated carbocycles. The van der Waals surface area contributed by atoms with Crippen molar-refractivity contribution in [3.63, 3.8) is 0 Å². The minimum atomic E-state index is 1.08. The van der Waals surface area contributed by atoms with Gasteiger partial charge in [0.15, 0.2) is 0 Å². The monoisotopic (exact) mass is 551 g/mol. The van der Waals surface area contributed by atoms with Crippen molar-refractivity contribution in [1.29, 1.82) is 0 Å². The lowest BCUT2D eigenvalue weighted by molar-refractivity contribution is 1.18. The molecule has 0 bridgehead atoms. The van der Waals surface area contributed by atoms with Crippen molar-refractivity contribution in [2.45, 2.75) is 0 Å². The minimum Gasteiger partial charge on any atom is -0.309 e. The fraction of sp³-hybridized carbons (Fsp3) is 0. The molecule has 33 heavy (non-hydrogen) atoms. The average molecular weight is 553 g/mol. The topological polar surface area (TPSA) is 4.93 Å². The lowest BCUT2D eigenvalue weighted by Crippen LogP contribution is -1.96. The molecule has 0 aliphatic heterocycles. The molecule has 158 valence electrons. The molecule has 5 aromatic carbocycles. The van der Waals surface area contributed by atoms with Crippen molar-refractivity contribution >= 4 is 53.7 Å². The Balaban J connectivity index is 1.70. The van der Waals surface area contributed by atoms with E-state index >= 15 is 0 Å². The summed E-state index contributed by atoms with van der Waals surface area (Å²) in [6.07, 6.45) is 0. The summed E-state index contributed by atoms with van der Waals surface area (Å²) >= 11 is 7.33. The number of rotatable bonds is 3. The zero-order chi connectivity index (χ0) is 22.4. The van der Waals surface area contributed by atoms with Gasteiger partial charge >= 0.3 is 0 Å². The van der Waals surface area contributed by atoms with Gasteiger partial charge in [-0.2, -0.15) is 0 Å². The maximum Gasteiger partial charge on any atom is 0.0541 e. The van der Waals surface area contributed by atoms with E-state index in [1.54, 1.807) is 0 Å². The smallest absolute Gasteiger partial charge is 0.0541 e. The van der Waals surface area contributed by atoms with E-state index in [2.05, 4.69) is 152 Å². The molecule has 6 aromatic rings. The molecule has 1 nitrogen and oxygen atoms in total. The highest BCUT2D eigenvalue weighted by Crippen LogP contribution is 2.37. The number of nitrogens with zero attached hydrogens (tertiary/aromatic N) is 1. The van der Waals surface area contributed by atoms with Gasteiger partial charge in [-0.25, -0.2) is 0 Å². The molecule has 0 radical (unpaired) electrons. The highest BCUT2D eigenvalue weighted by Gasteiger charge is 2.15. The van der Waals surface area contributed by atoms with Crippen LogP contribution in [0.1, 0.15) is 0 Å². The van der Waals surface area contributed by atoms with E-state index in [1.165, 1.54) is 44.1 Å². The van der Waals surface area contributed by atoms with Gasteiger partial charge in [-0.05, 0) is 76.9 Å². The summed E-state index contributed by atoms with van der Waals surface area (Å²) in [5, 5.41) is 2.46. The normalized spacial score (nSPS) is 11.3. The Kier molecular flexibility index (Phi) is 5.17. The lowest BCUT2D eigenvalue weighted by Gasteiger charge is -2.14. The lowest BCUT2D eigenvalue weighted by atomic mass is 9.98. The van der Waals surface area contributed by atoms with Crippen LogP contribution in [0.3, 0.4) is 0 Å². The predicted octanol–water partition coefficient (Wildman–Crippen LogP) is 9.64. The van der Waals surface area contributed by atoms with E-state index in [0.29, 0.717) is 0 Å². The SMILES string of the molecule is Brc1ccc2c(c1)c1cc(Br)ccc1n2-c1cc(-c2ccccc2)cc(-c2ccccc2)c1. The predicted molar refractivity (Wildman–Crippen MR) is 147 cm³/mol. The van der Waals surface area contributed by atoms with Crippen LogP contribution in [0.5, 0.6) is 0 Å². The van der Waals surface area contributed by atoms with Crippen LogP contribution < -0.4 is 0 Å². The summed E-state index contributed by atoms with van der Waals surface area (Å²) in [6, 6.07) is 41.1. The summed E-state index contributed by atoms with van der Waals surface area (Å²) < 4.78 is 4.54. The molecule has 0 aliphatic carbocycles. The molecule has 0 fully saturated rings. The van der Waals surface area contributed by atoms with Crippen LogP contribution in [0.4, 0.5) is 0 Å². The Morgan fingerprint density at radius 3 is 1.33 bits per heavy atom. The highest BCUT2D eigenvalue weighted by atomic mass is 79.9. The number of fused-ring (bicyclic) bond motifs is 3. The van der Waals surface area contributed by atoms with Gasteiger partial charge in [0.05, 0.1) is 11.0 Å². The van der Waals surface area contributed by atoms with Crippen molar-refractivity contribution in [2.24, 2.45) is 0 Å². The quantitative estimate of drug-likeness (QED) is 0.206. The molecule has 3 heteroatoms. The number of benzene rings is 5. The van der Waals surface area contributed by atoms with Crippen LogP contribution in [0, 0.1) is 0 Å². The molecular formula is C30H19Br2N. The number of hydrogen-bond acceptors (Lipinski definition) is 0. The maximum absolute atomic E-state index is 3.67. The fourth-order valence-corrected chi connectivity index (χ4v) is 5.30. The second-order valence-corrected chi connectivity index (χ2v) is 9.99. The second-order valence-electron chi connectivity index (χ2n) is 8.16. The third kappa shape index (κ3) is 3.72. The Morgan fingerprint density at radius 1 is 0.424 bits per heavy atom. The second kappa shape index (κ2) is 8.33. The Morgan fingerprint density at radius 2 is 0.879 bits per heavy atom. The summed E-state index contributed by atoms with van der Waals surface area (Å²) in [5.41, 5.74) is 8.36. The van der Waals surface area contributed by atoms with Gasteiger partial charge in [-0.15, -0.1) is 0 Å². The van der Waals surface area contributed by atoms with Crippen LogP contribution in [0.15, 0.2) is 124 Å². The first-order chi connectivity index (χ1) is 16.2. The van der Waals surface area contributed by atoms with Crippen molar-refractivity contribution in [3.8, 4) is 27.9 Å². The van der Waals surface area contributed by atoms with E-state index in [-0.39, 0.29) is 0 Å². The largest absolute Gasteiger partial charge is 0.309 e. The van der Waals surface area contributed by atoms with Crippen LogP contribution in [0.2, 0.25) is 0 Å². The molecule has 6 rings (SSSR count). The molecule has 1 heterocycles. The molecule has 0 amide bonds. The maximum atomic E-state index is 3.67. The number of hydrogen-bond donors (Lipinski definition) is 0. The molecule has 0 unspecified atom stereocenters. The zero-order valence-electron chi connectivity index (χ0n) is 17.7. The van der Waals surface area contributed by atoms with Crippen molar-refractivity contribution in [1.82, 2.24) is 4.57 Å². The summed E-state index contributed by atoms with van der Waals surface area (Å²) in [5.74, 6) is 0. The number of halogens is 2. The van der Waals surface area contributed by atoms with Gasteiger partial charge in [0.2, 0.25) is 0 Å². The van der Waals surface area contributed by atoms with Gasteiger partial charge < -0.3 is 4.57 Å². The molecule has 0 N–H and O–H groups in total. The Hall–Kier alpha value is -3.14. The average Bonchev–Trinajstić information content (AvgIpc) is 3.17. The Labute approximate surface area is 209 Å². The van der Waals surface area contributed by atoms with Gasteiger partial charge in [-0.3, -0.25) is 0 Å². The highest BCUT2D eigenvalue weighted by molar-refractivity contribution is 9.10. The zero-order valence-corrected chi connectivity index (χ0v) is 20.8. The number of aromatic nitrogens is 1. The minimum absolute atomic E-state index is 1.08. The third-order valence-electron chi connectivity index (χ3n) is 6.08. The van der Waals surface area contributed by atoms with Gasteiger partial charge in [0.25, 0.3) is 0 Å². The first-order valence-corrected chi connectivity index (χ1v) is 12.4. The van der Waals surface area contributed by atoms with Crippen LogP contribution >= 0.6 is 31.9 Å². The van der Waals surface area contributed by atoms with E-state index < -0.39 is 0 Å². The molecule has 0 spiro atoms. The Bertz CT molecular complexity index is 1500. The third-order valence-corrected chi connectivity index (χ3v) is 7.07. The standard InChI is InChI=1S/C30H19Br2N/c31-24-11-13-29-27(18-24)28-19-25(32)12-14-30(28)33(29)26-16-22(20-7-3-1-4-8-20)15-23(17-26)21-9-5-2-6-10-21/h1-19H. The molecular weight excluding hydrogens is 534 g/mol. The van der Waals surface area contributed by atoms with Crippen molar-refractivity contribution in [3.05, 3.63) is 124 Å². The first-order valence-electron chi connectivity index (χ1n) is 10.8. The van der Waals surface area contributed by atoms with Gasteiger partial charge in [-0.1, -0.05) is 92.5 Å². The van der Waals surface area contributed by atoms with Crippen LogP contribution in [-0.2, 0) is 0 Å². The molecule has 0 atom stereocenters. The van der Waals surface area contributed by atoms with Gasteiger partial charge in [0.1, 0.15) is 0 Å². The summed E-state index contributed by atoms with van der Waals surface area (Å²) in [4.78, 5) is 0. The van der Waals surface area contributed by atoms with Crippen LogP contribution in [-0.4, -0.2) is 4.57 Å². The van der Waals surface area contributed by atoms with E-state index in [4.69, 9.17) is 0 Å².